The Bertz CT molecular complexity index is 670. The van der Waals surface area contributed by atoms with Crippen LogP contribution in [0.25, 0.3) is 0 Å². The maximum atomic E-state index is 6.10. The van der Waals surface area contributed by atoms with Crippen molar-refractivity contribution in [3.05, 3.63) is 96.1 Å². The van der Waals surface area contributed by atoms with E-state index in [2.05, 4.69) is 31.2 Å². The van der Waals surface area contributed by atoms with Gasteiger partial charge in [0.1, 0.15) is 11.5 Å². The van der Waals surface area contributed by atoms with Crippen LogP contribution >= 0.6 is 8.38 Å². The summed E-state index contributed by atoms with van der Waals surface area (Å²) in [5.74, 6) is 1.67. The summed E-state index contributed by atoms with van der Waals surface area (Å²) in [6, 6.07) is 28.2. The molecule has 0 radical (unpaired) electrons. The van der Waals surface area contributed by atoms with Gasteiger partial charge in [0, 0.05) is 0 Å². The van der Waals surface area contributed by atoms with Gasteiger partial charge in [-0.05, 0) is 36.8 Å². The van der Waals surface area contributed by atoms with Gasteiger partial charge in [0.15, 0.2) is 0 Å². The molecule has 3 aromatic carbocycles. The highest BCUT2D eigenvalue weighted by atomic mass is 31.2. The summed E-state index contributed by atoms with van der Waals surface area (Å²) in [6.45, 7) is 2.09. The quantitative estimate of drug-likeness (QED) is 0.521. The summed E-state index contributed by atoms with van der Waals surface area (Å²) in [5.41, 5.74) is 2.47. The first-order valence-electron chi connectivity index (χ1n) is 7.59. The van der Waals surface area contributed by atoms with Crippen LogP contribution in [0, 0.1) is 6.92 Å². The van der Waals surface area contributed by atoms with Crippen LogP contribution in [-0.4, -0.2) is 0 Å². The van der Waals surface area contributed by atoms with Gasteiger partial charge in [-0.2, -0.15) is 0 Å². The Labute approximate surface area is 138 Å². The molecule has 0 amide bonds. The zero-order valence-electron chi connectivity index (χ0n) is 13.1. The van der Waals surface area contributed by atoms with Gasteiger partial charge in [0.05, 0.1) is 6.16 Å². The molecule has 0 N–H and O–H groups in total. The summed E-state index contributed by atoms with van der Waals surface area (Å²) in [7, 11) is -1.10. The zero-order chi connectivity index (χ0) is 15.9. The fourth-order valence-electron chi connectivity index (χ4n) is 2.12. The molecule has 0 fully saturated rings. The Morgan fingerprint density at radius 3 is 1.61 bits per heavy atom. The first-order valence-corrected chi connectivity index (χ1v) is 8.95. The molecule has 0 heterocycles. The average molecular weight is 322 g/mol. The molecule has 2 nitrogen and oxygen atoms in total. The lowest BCUT2D eigenvalue weighted by Gasteiger charge is -2.19. The van der Waals surface area contributed by atoms with Gasteiger partial charge in [-0.1, -0.05) is 66.2 Å². The summed E-state index contributed by atoms with van der Waals surface area (Å²) < 4.78 is 12.2. The van der Waals surface area contributed by atoms with Crippen LogP contribution in [0.1, 0.15) is 11.1 Å². The van der Waals surface area contributed by atoms with Crippen molar-refractivity contribution in [3.63, 3.8) is 0 Å². The number of para-hydroxylation sites is 2. The van der Waals surface area contributed by atoms with E-state index in [-0.39, 0.29) is 0 Å². The molecule has 0 aliphatic heterocycles. The van der Waals surface area contributed by atoms with E-state index in [4.69, 9.17) is 9.05 Å². The Kier molecular flexibility index (Phi) is 5.29. The smallest absolute Gasteiger partial charge is 0.295 e. The van der Waals surface area contributed by atoms with Crippen molar-refractivity contribution in [1.29, 1.82) is 0 Å². The summed E-state index contributed by atoms with van der Waals surface area (Å²) in [4.78, 5) is 0. The minimum Gasteiger partial charge on any atom is -0.438 e. The van der Waals surface area contributed by atoms with Crippen LogP contribution in [0.2, 0.25) is 0 Å². The lowest BCUT2D eigenvalue weighted by atomic mass is 10.2. The van der Waals surface area contributed by atoms with Crippen molar-refractivity contribution in [3.8, 4) is 11.5 Å². The molecule has 3 rings (SSSR count). The highest BCUT2D eigenvalue weighted by Crippen LogP contribution is 2.43. The lowest BCUT2D eigenvalue weighted by Crippen LogP contribution is -1.99. The first kappa shape index (κ1) is 15.6. The summed E-state index contributed by atoms with van der Waals surface area (Å²) in [5, 5.41) is 0. The first-order chi connectivity index (χ1) is 11.3. The summed E-state index contributed by atoms with van der Waals surface area (Å²) in [6.07, 6.45) is 0.749. The molecule has 0 atom stereocenters. The minimum atomic E-state index is -1.10. The molecule has 23 heavy (non-hydrogen) atoms. The topological polar surface area (TPSA) is 18.5 Å². The van der Waals surface area contributed by atoms with Gasteiger partial charge >= 0.3 is 0 Å². The van der Waals surface area contributed by atoms with E-state index in [9.17, 15) is 0 Å². The Morgan fingerprint density at radius 2 is 1.13 bits per heavy atom. The van der Waals surface area contributed by atoms with Gasteiger partial charge in [-0.3, -0.25) is 0 Å². The second kappa shape index (κ2) is 7.80. The van der Waals surface area contributed by atoms with E-state index in [1.807, 2.05) is 60.7 Å². The van der Waals surface area contributed by atoms with Crippen LogP contribution in [0.4, 0.5) is 0 Å². The molecule has 0 saturated carbocycles. The second-order valence-corrected chi connectivity index (χ2v) is 6.63. The summed E-state index contributed by atoms with van der Waals surface area (Å²) >= 11 is 0. The van der Waals surface area contributed by atoms with E-state index < -0.39 is 8.38 Å². The third kappa shape index (κ3) is 4.84. The predicted octanol–water partition coefficient (Wildman–Crippen LogP) is 5.96. The van der Waals surface area contributed by atoms with Crippen molar-refractivity contribution < 1.29 is 9.05 Å². The third-order valence-corrected chi connectivity index (χ3v) is 4.79. The highest BCUT2D eigenvalue weighted by molar-refractivity contribution is 7.47. The van der Waals surface area contributed by atoms with Gasteiger partial charge in [-0.25, -0.2) is 0 Å². The lowest BCUT2D eigenvalue weighted by molar-refractivity contribution is 0.488. The van der Waals surface area contributed by atoms with Crippen LogP contribution in [0.15, 0.2) is 84.9 Å². The van der Waals surface area contributed by atoms with Gasteiger partial charge in [0.25, 0.3) is 8.38 Å². The van der Waals surface area contributed by atoms with Gasteiger partial charge in [-0.15, -0.1) is 0 Å². The molecule has 0 bridgehead atoms. The molecule has 0 unspecified atom stereocenters. The van der Waals surface area contributed by atoms with Crippen molar-refractivity contribution in [2.45, 2.75) is 13.1 Å². The average Bonchev–Trinajstić information content (AvgIpc) is 2.59. The van der Waals surface area contributed by atoms with E-state index in [1.165, 1.54) is 11.1 Å². The van der Waals surface area contributed by atoms with Gasteiger partial charge < -0.3 is 9.05 Å². The van der Waals surface area contributed by atoms with Crippen LogP contribution in [0.5, 0.6) is 11.5 Å². The third-order valence-electron chi connectivity index (χ3n) is 3.33. The standard InChI is InChI=1S/C20H19O2P/c1-17-12-14-18(15-13-17)16-23(21-19-8-4-2-5-9-19)22-20-10-6-3-7-11-20/h2-15H,16H2,1H3. The molecule has 3 aromatic rings. The number of hydrogen-bond acceptors (Lipinski definition) is 2. The van der Waals surface area contributed by atoms with Crippen molar-refractivity contribution in [2.75, 3.05) is 0 Å². The van der Waals surface area contributed by atoms with E-state index >= 15 is 0 Å². The fraction of sp³-hybridized carbons (Fsp3) is 0.100. The normalized spacial score (nSPS) is 10.5. The maximum absolute atomic E-state index is 6.10. The SMILES string of the molecule is Cc1ccc(CP(Oc2ccccc2)Oc2ccccc2)cc1. The van der Waals surface area contributed by atoms with E-state index in [0.717, 1.165) is 17.7 Å². The number of benzene rings is 3. The van der Waals surface area contributed by atoms with E-state index in [1.54, 1.807) is 0 Å². The fourth-order valence-corrected chi connectivity index (χ4v) is 3.51. The molecular weight excluding hydrogens is 303 g/mol. The molecule has 0 aromatic heterocycles. The van der Waals surface area contributed by atoms with Gasteiger partial charge in [0.2, 0.25) is 0 Å². The van der Waals surface area contributed by atoms with Crippen LogP contribution in [-0.2, 0) is 6.16 Å². The monoisotopic (exact) mass is 322 g/mol. The molecule has 116 valence electrons. The molecule has 3 heteroatoms. The molecular formula is C20H19O2P. The van der Waals surface area contributed by atoms with Crippen molar-refractivity contribution >= 4 is 8.38 Å². The van der Waals surface area contributed by atoms with Crippen LogP contribution < -0.4 is 9.05 Å². The zero-order valence-corrected chi connectivity index (χ0v) is 13.9. The number of hydrogen-bond donors (Lipinski definition) is 0. The van der Waals surface area contributed by atoms with Crippen LogP contribution in [0.3, 0.4) is 0 Å². The minimum absolute atomic E-state index is 0.749. The predicted molar refractivity (Wildman–Crippen MR) is 95.9 cm³/mol. The molecule has 0 aliphatic rings. The molecule has 0 aliphatic carbocycles. The maximum Gasteiger partial charge on any atom is 0.295 e. The Balaban J connectivity index is 1.76. The Hall–Kier alpha value is -2.31. The number of rotatable bonds is 6. The molecule has 0 spiro atoms. The highest BCUT2D eigenvalue weighted by Gasteiger charge is 2.15. The molecule has 0 saturated heterocycles. The van der Waals surface area contributed by atoms with Crippen molar-refractivity contribution in [2.24, 2.45) is 0 Å². The second-order valence-electron chi connectivity index (χ2n) is 5.29. The number of aryl methyl sites for hydroxylation is 1. The van der Waals surface area contributed by atoms with E-state index in [0.29, 0.717) is 0 Å². The van der Waals surface area contributed by atoms with Crippen molar-refractivity contribution in [1.82, 2.24) is 0 Å². The largest absolute Gasteiger partial charge is 0.438 e. The Morgan fingerprint density at radius 1 is 0.652 bits per heavy atom.